The average molecular weight is 221 g/mol. The molecule has 0 aliphatic rings. The van der Waals surface area contributed by atoms with E-state index in [4.69, 9.17) is 16.3 Å². The first kappa shape index (κ1) is 10.9. The summed E-state index contributed by atoms with van der Waals surface area (Å²) >= 11 is 7.16. The zero-order chi connectivity index (χ0) is 9.52. The van der Waals surface area contributed by atoms with Crippen LogP contribution in [0.4, 0.5) is 0 Å². The first-order valence-corrected chi connectivity index (χ1v) is 5.41. The topological polar surface area (TPSA) is 34.1 Å². The number of hydrogen-bond acceptors (Lipinski definition) is 4. The third kappa shape index (κ3) is 4.57. The molecule has 0 saturated carbocycles. The molecular formula is C8H13ClN2OS. The molecule has 1 N–H and O–H groups in total. The van der Waals surface area contributed by atoms with Crippen LogP contribution in [0.15, 0.2) is 6.20 Å². The number of nitrogens with one attached hydrogen (secondary N) is 1. The highest BCUT2D eigenvalue weighted by atomic mass is 35.5. The van der Waals surface area contributed by atoms with E-state index in [2.05, 4.69) is 17.2 Å². The van der Waals surface area contributed by atoms with Gasteiger partial charge in [0, 0.05) is 24.2 Å². The van der Waals surface area contributed by atoms with Crippen molar-refractivity contribution in [2.24, 2.45) is 0 Å². The second-order valence-electron chi connectivity index (χ2n) is 2.56. The van der Waals surface area contributed by atoms with Crippen molar-refractivity contribution in [3.05, 3.63) is 15.5 Å². The van der Waals surface area contributed by atoms with E-state index >= 15 is 0 Å². The standard InChI is InChI=1S/C8H13ClN2OS/c1-2-3-12-6-10-4-7-5-11-8(9)13-7/h5,10H,2-4,6H2,1H3. The molecule has 0 radical (unpaired) electrons. The van der Waals surface area contributed by atoms with Crippen molar-refractivity contribution in [3.8, 4) is 0 Å². The van der Waals surface area contributed by atoms with Gasteiger partial charge in [-0.3, -0.25) is 5.32 Å². The molecule has 0 unspecified atom stereocenters. The van der Waals surface area contributed by atoms with Crippen molar-refractivity contribution < 1.29 is 4.74 Å². The number of ether oxygens (including phenoxy) is 1. The van der Waals surface area contributed by atoms with Gasteiger partial charge < -0.3 is 4.74 Å². The quantitative estimate of drug-likeness (QED) is 0.590. The van der Waals surface area contributed by atoms with E-state index in [1.807, 2.05) is 0 Å². The molecule has 13 heavy (non-hydrogen) atoms. The molecule has 1 aromatic heterocycles. The van der Waals surface area contributed by atoms with Crippen LogP contribution in [-0.4, -0.2) is 18.3 Å². The summed E-state index contributed by atoms with van der Waals surface area (Å²) in [6, 6.07) is 0. The highest BCUT2D eigenvalue weighted by molar-refractivity contribution is 7.15. The Balaban J connectivity index is 2.06. The van der Waals surface area contributed by atoms with E-state index in [0.29, 0.717) is 11.2 Å². The highest BCUT2D eigenvalue weighted by Gasteiger charge is 1.97. The van der Waals surface area contributed by atoms with Crippen LogP contribution >= 0.6 is 22.9 Å². The molecule has 0 aromatic carbocycles. The molecule has 1 aromatic rings. The van der Waals surface area contributed by atoms with Crippen LogP contribution in [-0.2, 0) is 11.3 Å². The van der Waals surface area contributed by atoms with E-state index in [1.165, 1.54) is 11.3 Å². The van der Waals surface area contributed by atoms with Gasteiger partial charge in [-0.2, -0.15) is 0 Å². The molecule has 0 bridgehead atoms. The maximum atomic E-state index is 5.67. The van der Waals surface area contributed by atoms with Gasteiger partial charge in [-0.1, -0.05) is 18.5 Å². The van der Waals surface area contributed by atoms with Crippen LogP contribution in [0.1, 0.15) is 18.2 Å². The summed E-state index contributed by atoms with van der Waals surface area (Å²) in [5.74, 6) is 0. The van der Waals surface area contributed by atoms with E-state index in [-0.39, 0.29) is 0 Å². The normalized spacial score (nSPS) is 10.6. The lowest BCUT2D eigenvalue weighted by molar-refractivity contribution is 0.116. The molecule has 3 nitrogen and oxygen atoms in total. The summed E-state index contributed by atoms with van der Waals surface area (Å²) in [6.07, 6.45) is 2.83. The van der Waals surface area contributed by atoms with Gasteiger partial charge in [0.15, 0.2) is 4.47 Å². The van der Waals surface area contributed by atoms with Gasteiger partial charge in [0.25, 0.3) is 0 Å². The summed E-state index contributed by atoms with van der Waals surface area (Å²) in [6.45, 7) is 4.25. The minimum atomic E-state index is 0.587. The Morgan fingerprint density at radius 1 is 1.69 bits per heavy atom. The summed E-state index contributed by atoms with van der Waals surface area (Å²) in [5, 5.41) is 3.14. The van der Waals surface area contributed by atoms with Crippen molar-refractivity contribution >= 4 is 22.9 Å². The van der Waals surface area contributed by atoms with Gasteiger partial charge in [0.05, 0.1) is 6.73 Å². The fraction of sp³-hybridized carbons (Fsp3) is 0.625. The number of nitrogens with zero attached hydrogens (tertiary/aromatic N) is 1. The Bertz CT molecular complexity index is 242. The first-order chi connectivity index (χ1) is 6.33. The molecule has 0 amide bonds. The van der Waals surface area contributed by atoms with Gasteiger partial charge in [-0.15, -0.1) is 11.3 Å². The monoisotopic (exact) mass is 220 g/mol. The Hall–Kier alpha value is -0.160. The molecule has 1 rings (SSSR count). The largest absolute Gasteiger partial charge is 0.366 e. The van der Waals surface area contributed by atoms with Crippen LogP contribution in [0.5, 0.6) is 0 Å². The molecule has 0 atom stereocenters. The number of thiazole rings is 1. The third-order valence-corrected chi connectivity index (χ3v) is 2.49. The van der Waals surface area contributed by atoms with Gasteiger partial charge >= 0.3 is 0 Å². The highest BCUT2D eigenvalue weighted by Crippen LogP contribution is 2.16. The predicted molar refractivity (Wildman–Crippen MR) is 55.1 cm³/mol. The van der Waals surface area contributed by atoms with Crippen LogP contribution < -0.4 is 5.32 Å². The average Bonchev–Trinajstić information content (AvgIpc) is 2.51. The number of hydrogen-bond donors (Lipinski definition) is 1. The van der Waals surface area contributed by atoms with Crippen LogP contribution in [0.3, 0.4) is 0 Å². The minimum Gasteiger partial charge on any atom is -0.366 e. The van der Waals surface area contributed by atoms with E-state index < -0.39 is 0 Å². The predicted octanol–water partition coefficient (Wildman–Crippen LogP) is 2.27. The fourth-order valence-electron chi connectivity index (χ4n) is 0.828. The molecule has 0 aliphatic carbocycles. The van der Waals surface area contributed by atoms with Crippen molar-refractivity contribution in [1.82, 2.24) is 10.3 Å². The summed E-state index contributed by atoms with van der Waals surface area (Å²) in [5.41, 5.74) is 0. The fourth-order valence-corrected chi connectivity index (χ4v) is 1.78. The van der Waals surface area contributed by atoms with E-state index in [0.717, 1.165) is 24.4 Å². The van der Waals surface area contributed by atoms with Crippen molar-refractivity contribution in [1.29, 1.82) is 0 Å². The number of halogens is 1. The van der Waals surface area contributed by atoms with E-state index in [9.17, 15) is 0 Å². The van der Waals surface area contributed by atoms with Crippen molar-refractivity contribution in [3.63, 3.8) is 0 Å². The zero-order valence-corrected chi connectivity index (χ0v) is 9.12. The van der Waals surface area contributed by atoms with Gasteiger partial charge in [-0.05, 0) is 6.42 Å². The van der Waals surface area contributed by atoms with Crippen LogP contribution in [0, 0.1) is 0 Å². The summed E-state index contributed by atoms with van der Waals surface area (Å²) in [7, 11) is 0. The van der Waals surface area contributed by atoms with Gasteiger partial charge in [-0.25, -0.2) is 4.98 Å². The van der Waals surface area contributed by atoms with Gasteiger partial charge in [0.2, 0.25) is 0 Å². The van der Waals surface area contributed by atoms with Crippen LogP contribution in [0.2, 0.25) is 4.47 Å². The Morgan fingerprint density at radius 2 is 2.54 bits per heavy atom. The second kappa shape index (κ2) is 6.32. The zero-order valence-electron chi connectivity index (χ0n) is 7.55. The molecular weight excluding hydrogens is 208 g/mol. The lowest BCUT2D eigenvalue weighted by atomic mass is 10.5. The molecule has 0 aliphatic heterocycles. The third-order valence-electron chi connectivity index (χ3n) is 1.38. The smallest absolute Gasteiger partial charge is 0.183 e. The molecule has 0 spiro atoms. The number of rotatable bonds is 6. The SMILES string of the molecule is CCCOCNCc1cnc(Cl)s1. The number of aromatic nitrogens is 1. The van der Waals surface area contributed by atoms with Crippen LogP contribution in [0.25, 0.3) is 0 Å². The van der Waals surface area contributed by atoms with Crippen molar-refractivity contribution in [2.75, 3.05) is 13.3 Å². The maximum absolute atomic E-state index is 5.67. The Kier molecular flexibility index (Phi) is 5.31. The first-order valence-electron chi connectivity index (χ1n) is 4.21. The van der Waals surface area contributed by atoms with Crippen molar-refractivity contribution in [2.45, 2.75) is 19.9 Å². The minimum absolute atomic E-state index is 0.587. The molecule has 74 valence electrons. The van der Waals surface area contributed by atoms with E-state index in [1.54, 1.807) is 6.20 Å². The maximum Gasteiger partial charge on any atom is 0.183 e. The molecule has 5 heteroatoms. The second-order valence-corrected chi connectivity index (χ2v) is 4.26. The Labute approximate surface area is 87.1 Å². The lowest BCUT2D eigenvalue weighted by Gasteiger charge is -2.02. The molecule has 0 fully saturated rings. The molecule has 1 heterocycles. The summed E-state index contributed by atoms with van der Waals surface area (Å²) < 4.78 is 5.84. The summed E-state index contributed by atoms with van der Waals surface area (Å²) in [4.78, 5) is 5.06. The lowest BCUT2D eigenvalue weighted by Crippen LogP contribution is -2.16. The van der Waals surface area contributed by atoms with Gasteiger partial charge in [0.1, 0.15) is 0 Å². The molecule has 0 saturated heterocycles. The Morgan fingerprint density at radius 3 is 3.15 bits per heavy atom.